The third kappa shape index (κ3) is 18.0. The van der Waals surface area contributed by atoms with Gasteiger partial charge in [0.25, 0.3) is 0 Å². The van der Waals surface area contributed by atoms with Crippen molar-refractivity contribution in [3.8, 4) is 5.75 Å². The quantitative estimate of drug-likeness (QED) is 0.153. The van der Waals surface area contributed by atoms with E-state index in [0.29, 0.717) is 11.3 Å². The number of nitrogens with one attached hydrogen (secondary N) is 3. The van der Waals surface area contributed by atoms with Crippen molar-refractivity contribution in [1.29, 1.82) is 0 Å². The average molecular weight is 679 g/mol. The van der Waals surface area contributed by atoms with Gasteiger partial charge in [-0.3, -0.25) is 19.2 Å². The number of rotatable bonds is 17. The van der Waals surface area contributed by atoms with E-state index in [1.54, 1.807) is 45.0 Å². The number of nitrogens with two attached hydrogens (primary N) is 1. The Morgan fingerprint density at radius 3 is 1.75 bits per heavy atom. The molecule has 6 N–H and O–H groups in total. The van der Waals surface area contributed by atoms with Crippen LogP contribution >= 0.6 is 0 Å². The maximum atomic E-state index is 13.8. The first-order valence-corrected chi connectivity index (χ1v) is 16.4. The zero-order valence-corrected chi connectivity index (χ0v) is 30.5. The molecule has 0 spiro atoms. The van der Waals surface area contributed by atoms with Crippen LogP contribution in [0.5, 0.6) is 5.75 Å². The predicted octanol–water partition coefficient (Wildman–Crippen LogP) is 3.26. The van der Waals surface area contributed by atoms with E-state index in [0.717, 1.165) is 0 Å². The lowest BCUT2D eigenvalue weighted by molar-refractivity contribution is -0.155. The Bertz CT molecular complexity index is 1230. The molecule has 272 valence electrons. The Kier molecular flexibility index (Phi) is 16.0. The van der Waals surface area contributed by atoms with Crippen LogP contribution in [0.3, 0.4) is 0 Å². The second-order valence-corrected chi connectivity index (χ2v) is 15.4. The first-order valence-electron chi connectivity index (χ1n) is 16.4. The molecule has 0 saturated heterocycles. The van der Waals surface area contributed by atoms with Crippen molar-refractivity contribution in [2.75, 3.05) is 6.61 Å². The molecule has 1 aromatic rings. The number of benzene rings is 1. The molecule has 0 aliphatic carbocycles. The SMILES string of the molecule is CC(C)C[C@H](NC(=O)[C@H](Cc1ccc(OC(C)(C)C)cc1)NC(=O)[C@@H](N)COC(C)(C)C)C(=O)N[C@@H](CCC(=O)OC(C)(C)C)C(=O)O. The smallest absolute Gasteiger partial charge is 0.326 e. The van der Waals surface area contributed by atoms with Crippen LogP contribution in [0.2, 0.25) is 0 Å². The van der Waals surface area contributed by atoms with E-state index in [4.69, 9.17) is 19.9 Å². The summed E-state index contributed by atoms with van der Waals surface area (Å²) in [6.45, 7) is 19.9. The Hall–Kier alpha value is -3.71. The van der Waals surface area contributed by atoms with Crippen LogP contribution in [0.25, 0.3) is 0 Å². The Morgan fingerprint density at radius 2 is 1.27 bits per heavy atom. The Labute approximate surface area is 285 Å². The Morgan fingerprint density at radius 1 is 0.750 bits per heavy atom. The molecule has 0 saturated carbocycles. The molecule has 4 atom stereocenters. The summed E-state index contributed by atoms with van der Waals surface area (Å²) in [4.78, 5) is 64.4. The van der Waals surface area contributed by atoms with Crippen LogP contribution < -0.4 is 26.4 Å². The van der Waals surface area contributed by atoms with E-state index >= 15 is 0 Å². The number of carboxylic acids is 1. The van der Waals surface area contributed by atoms with Gasteiger partial charge in [0.1, 0.15) is 41.1 Å². The van der Waals surface area contributed by atoms with Gasteiger partial charge in [0.2, 0.25) is 17.7 Å². The van der Waals surface area contributed by atoms with E-state index < -0.39 is 70.6 Å². The van der Waals surface area contributed by atoms with Crippen LogP contribution in [0.4, 0.5) is 0 Å². The predicted molar refractivity (Wildman–Crippen MR) is 182 cm³/mol. The van der Waals surface area contributed by atoms with Crippen molar-refractivity contribution < 1.29 is 43.3 Å². The first kappa shape index (κ1) is 42.3. The van der Waals surface area contributed by atoms with Crippen LogP contribution in [-0.2, 0) is 39.9 Å². The number of aliphatic carboxylic acids is 1. The second-order valence-electron chi connectivity index (χ2n) is 15.4. The second kappa shape index (κ2) is 18.2. The first-order chi connectivity index (χ1) is 21.8. The van der Waals surface area contributed by atoms with Gasteiger partial charge in [-0.2, -0.15) is 0 Å². The standard InChI is InChI=1S/C35H58N4O9/c1-21(2)18-26(30(42)37-25(32(44)45)16-17-28(40)48-35(9,10)11)39-31(43)27(38-29(41)24(36)20-46-33(3,4)5)19-22-12-14-23(15-13-22)47-34(6,7)8/h12-15,21,24-27H,16-20,36H2,1-11H3,(H,37,42)(H,38,41)(H,39,43)(H,44,45)/t24-,25-,26-,27-/m0/s1. The zero-order chi connectivity index (χ0) is 37.0. The van der Waals surface area contributed by atoms with Gasteiger partial charge in [-0.1, -0.05) is 26.0 Å². The summed E-state index contributed by atoms with van der Waals surface area (Å²) >= 11 is 0. The molecule has 0 aromatic heterocycles. The van der Waals surface area contributed by atoms with E-state index in [2.05, 4.69) is 16.0 Å². The van der Waals surface area contributed by atoms with E-state index in [-0.39, 0.29) is 38.2 Å². The number of carboxylic acid groups (broad SMARTS) is 1. The van der Waals surface area contributed by atoms with Crippen LogP contribution in [-0.4, -0.2) is 82.3 Å². The van der Waals surface area contributed by atoms with Crippen molar-refractivity contribution >= 4 is 29.7 Å². The third-order valence-corrected chi connectivity index (χ3v) is 6.46. The van der Waals surface area contributed by atoms with E-state index in [1.165, 1.54) is 0 Å². The molecule has 0 unspecified atom stereocenters. The molecule has 0 aliphatic rings. The summed E-state index contributed by atoms with van der Waals surface area (Å²) in [7, 11) is 0. The molecule has 13 nitrogen and oxygen atoms in total. The highest BCUT2D eigenvalue weighted by Crippen LogP contribution is 2.19. The minimum absolute atomic E-state index is 0.0594. The average Bonchev–Trinajstić information content (AvgIpc) is 2.91. The number of hydrogen-bond acceptors (Lipinski definition) is 9. The van der Waals surface area contributed by atoms with Crippen molar-refractivity contribution in [2.24, 2.45) is 11.7 Å². The maximum Gasteiger partial charge on any atom is 0.326 e. The lowest BCUT2D eigenvalue weighted by atomic mass is 10.00. The van der Waals surface area contributed by atoms with Gasteiger partial charge in [0.15, 0.2) is 0 Å². The van der Waals surface area contributed by atoms with Gasteiger partial charge in [-0.25, -0.2) is 4.79 Å². The van der Waals surface area contributed by atoms with Crippen molar-refractivity contribution in [2.45, 2.75) is 143 Å². The number of hydrogen-bond donors (Lipinski definition) is 5. The van der Waals surface area contributed by atoms with Crippen LogP contribution in [0.15, 0.2) is 24.3 Å². The van der Waals surface area contributed by atoms with Gasteiger partial charge < -0.3 is 41.0 Å². The summed E-state index contributed by atoms with van der Waals surface area (Å²) < 4.78 is 16.8. The minimum atomic E-state index is -1.40. The summed E-state index contributed by atoms with van der Waals surface area (Å²) in [6.07, 6.45) is -0.207. The number of esters is 1. The Balaban J connectivity index is 3.22. The van der Waals surface area contributed by atoms with Crippen molar-refractivity contribution in [1.82, 2.24) is 16.0 Å². The van der Waals surface area contributed by atoms with Gasteiger partial charge in [0.05, 0.1) is 12.2 Å². The number of carbonyl (C=O) groups excluding carboxylic acids is 4. The molecule has 1 rings (SSSR count). The van der Waals surface area contributed by atoms with Gasteiger partial charge in [0, 0.05) is 12.8 Å². The zero-order valence-electron chi connectivity index (χ0n) is 30.5. The summed E-state index contributed by atoms with van der Waals surface area (Å²) in [5.41, 5.74) is 5.10. The third-order valence-electron chi connectivity index (χ3n) is 6.46. The molecular formula is C35H58N4O9. The lowest BCUT2D eigenvalue weighted by Crippen LogP contribution is -2.58. The number of carbonyl (C=O) groups is 5. The fourth-order valence-corrected chi connectivity index (χ4v) is 4.35. The highest BCUT2D eigenvalue weighted by Gasteiger charge is 2.32. The molecule has 0 radical (unpaired) electrons. The van der Waals surface area contributed by atoms with Crippen LogP contribution in [0.1, 0.15) is 101 Å². The van der Waals surface area contributed by atoms with E-state index in [9.17, 15) is 29.1 Å². The van der Waals surface area contributed by atoms with Crippen molar-refractivity contribution in [3.63, 3.8) is 0 Å². The lowest BCUT2D eigenvalue weighted by Gasteiger charge is -2.27. The normalized spacial score (nSPS) is 14.7. The number of ether oxygens (including phenoxy) is 3. The highest BCUT2D eigenvalue weighted by atomic mass is 16.6. The topological polar surface area (TPSA) is 195 Å². The molecule has 0 heterocycles. The number of amides is 3. The molecule has 1 aromatic carbocycles. The minimum Gasteiger partial charge on any atom is -0.488 e. The van der Waals surface area contributed by atoms with Gasteiger partial charge in [-0.15, -0.1) is 0 Å². The molecule has 0 aliphatic heterocycles. The maximum absolute atomic E-state index is 13.8. The van der Waals surface area contributed by atoms with E-state index in [1.807, 2.05) is 55.4 Å². The fourth-order valence-electron chi connectivity index (χ4n) is 4.35. The molecule has 48 heavy (non-hydrogen) atoms. The monoisotopic (exact) mass is 678 g/mol. The fraction of sp³-hybridized carbons (Fsp3) is 0.686. The van der Waals surface area contributed by atoms with Gasteiger partial charge >= 0.3 is 11.9 Å². The van der Waals surface area contributed by atoms with Crippen LogP contribution in [0, 0.1) is 5.92 Å². The highest BCUT2D eigenvalue weighted by molar-refractivity contribution is 5.94. The molecule has 0 fully saturated rings. The molecule has 3 amide bonds. The van der Waals surface area contributed by atoms with Gasteiger partial charge in [-0.05, 0) is 98.8 Å². The van der Waals surface area contributed by atoms with Crippen molar-refractivity contribution in [3.05, 3.63) is 29.8 Å². The summed E-state index contributed by atoms with van der Waals surface area (Å²) in [5.74, 6) is -3.40. The summed E-state index contributed by atoms with van der Waals surface area (Å²) in [5, 5.41) is 17.6. The molecule has 13 heteroatoms. The largest absolute Gasteiger partial charge is 0.488 e. The summed E-state index contributed by atoms with van der Waals surface area (Å²) in [6, 6.07) is 2.32. The molecular weight excluding hydrogens is 620 g/mol. The molecule has 0 bridgehead atoms.